The monoisotopic (exact) mass is 357 g/mol. The molecule has 0 saturated carbocycles. The van der Waals surface area contributed by atoms with E-state index in [0.717, 1.165) is 25.4 Å². The number of ether oxygens (including phenoxy) is 1. The van der Waals surface area contributed by atoms with Gasteiger partial charge in [-0.15, -0.1) is 5.10 Å². The zero-order valence-electron chi connectivity index (χ0n) is 13.8. The second-order valence-electron chi connectivity index (χ2n) is 6.61. The molecule has 1 heterocycles. The highest BCUT2D eigenvalue weighted by molar-refractivity contribution is 6.74. The summed E-state index contributed by atoms with van der Waals surface area (Å²) in [5.41, 5.74) is -0.785. The number of rotatable bonds is 4. The van der Waals surface area contributed by atoms with Crippen LogP contribution in [0, 0.1) is 0 Å². The predicted molar refractivity (Wildman–Crippen MR) is 85.1 cm³/mol. The Morgan fingerprint density at radius 1 is 1.29 bits per heavy atom. The number of alkyl halides is 3. The Morgan fingerprint density at radius 2 is 1.96 bits per heavy atom. The molecule has 1 aromatic carbocycles. The summed E-state index contributed by atoms with van der Waals surface area (Å²) < 4.78 is 45.2. The van der Waals surface area contributed by atoms with Gasteiger partial charge in [-0.1, -0.05) is 30.9 Å². The molecule has 0 aliphatic heterocycles. The summed E-state index contributed by atoms with van der Waals surface area (Å²) in [5, 5.41) is 8.00. The van der Waals surface area contributed by atoms with Crippen molar-refractivity contribution in [3.05, 3.63) is 35.5 Å². The Balaban J connectivity index is 2.44. The molecule has 5 nitrogen and oxygen atoms in total. The second kappa shape index (κ2) is 6.38. The number of carbonyl (C=O) groups excluding carboxylic acids is 1. The number of benzene rings is 1. The number of hydrogen-bond donors (Lipinski definition) is 0. The zero-order valence-corrected chi connectivity index (χ0v) is 14.8. The smallest absolute Gasteiger partial charge is 0.417 e. The minimum absolute atomic E-state index is 0.380. The van der Waals surface area contributed by atoms with Crippen LogP contribution in [0.3, 0.4) is 0 Å². The number of nitrogens with zero attached hydrogens (tertiary/aromatic N) is 3. The number of aromatic nitrogens is 3. The van der Waals surface area contributed by atoms with Crippen molar-refractivity contribution in [3.63, 3.8) is 0 Å². The fourth-order valence-electron chi connectivity index (χ4n) is 2.22. The number of methoxy groups -OCH3 is 1. The molecule has 130 valence electrons. The van der Waals surface area contributed by atoms with Gasteiger partial charge >= 0.3 is 12.1 Å². The summed E-state index contributed by atoms with van der Waals surface area (Å²) in [5.74, 6) is -1.04. The van der Waals surface area contributed by atoms with Gasteiger partial charge in [-0.2, -0.15) is 13.2 Å². The van der Waals surface area contributed by atoms with Crippen molar-refractivity contribution in [2.75, 3.05) is 7.11 Å². The largest absolute Gasteiger partial charge is 0.465 e. The molecule has 0 aliphatic rings. The van der Waals surface area contributed by atoms with Crippen LogP contribution in [0.2, 0.25) is 19.6 Å². The Morgan fingerprint density at radius 3 is 2.50 bits per heavy atom. The van der Waals surface area contributed by atoms with Gasteiger partial charge in [-0.3, -0.25) is 4.68 Å². The van der Waals surface area contributed by atoms with Crippen molar-refractivity contribution in [2.45, 2.75) is 32.0 Å². The van der Waals surface area contributed by atoms with Crippen molar-refractivity contribution < 1.29 is 22.7 Å². The van der Waals surface area contributed by atoms with Crippen molar-refractivity contribution >= 4 is 14.0 Å². The van der Waals surface area contributed by atoms with Crippen LogP contribution in [0.15, 0.2) is 24.4 Å². The first-order valence-electron chi connectivity index (χ1n) is 7.21. The topological polar surface area (TPSA) is 57.0 Å². The zero-order chi connectivity index (χ0) is 18.1. The standard InChI is InChI=1S/C15H18F3N3O2Si/c1-23-14(22)11-7-10(5-6-12(11)15(16,17)18)13-8-21(20-19-13)9-24(2,3)4/h5-8H,9H2,1-4H3. The summed E-state index contributed by atoms with van der Waals surface area (Å²) >= 11 is 0. The van der Waals surface area contributed by atoms with Crippen LogP contribution in [0.1, 0.15) is 15.9 Å². The van der Waals surface area contributed by atoms with Gasteiger partial charge in [0.05, 0.1) is 32.5 Å². The van der Waals surface area contributed by atoms with Gasteiger partial charge in [-0.05, 0) is 12.1 Å². The van der Waals surface area contributed by atoms with E-state index in [0.29, 0.717) is 11.3 Å². The normalized spacial score (nSPS) is 12.3. The highest BCUT2D eigenvalue weighted by atomic mass is 28.3. The first-order valence-corrected chi connectivity index (χ1v) is 10.9. The average molecular weight is 357 g/mol. The van der Waals surface area contributed by atoms with Crippen LogP contribution < -0.4 is 0 Å². The molecule has 2 aromatic rings. The third-order valence-corrected chi connectivity index (χ3v) is 4.47. The second-order valence-corrected chi connectivity index (χ2v) is 12.0. The van der Waals surface area contributed by atoms with Crippen molar-refractivity contribution in [3.8, 4) is 11.3 Å². The van der Waals surface area contributed by atoms with E-state index in [1.54, 1.807) is 10.9 Å². The van der Waals surface area contributed by atoms with Gasteiger partial charge in [0.15, 0.2) is 0 Å². The quantitative estimate of drug-likeness (QED) is 0.619. The van der Waals surface area contributed by atoms with E-state index < -0.39 is 31.3 Å². The maximum atomic E-state index is 13.0. The van der Waals surface area contributed by atoms with E-state index in [1.807, 2.05) is 0 Å². The van der Waals surface area contributed by atoms with E-state index in [2.05, 4.69) is 34.7 Å². The van der Waals surface area contributed by atoms with Gasteiger partial charge in [0.1, 0.15) is 5.69 Å². The summed E-state index contributed by atoms with van der Waals surface area (Å²) in [4.78, 5) is 11.7. The minimum atomic E-state index is -4.64. The van der Waals surface area contributed by atoms with Crippen LogP contribution in [-0.4, -0.2) is 36.1 Å². The molecule has 0 N–H and O–H groups in total. The molecule has 9 heteroatoms. The van der Waals surface area contributed by atoms with E-state index in [-0.39, 0.29) is 0 Å². The Labute approximate surface area is 138 Å². The van der Waals surface area contributed by atoms with Gasteiger partial charge in [0.25, 0.3) is 0 Å². The fourth-order valence-corrected chi connectivity index (χ4v) is 3.35. The van der Waals surface area contributed by atoms with Gasteiger partial charge < -0.3 is 4.74 Å². The van der Waals surface area contributed by atoms with Gasteiger partial charge in [-0.25, -0.2) is 4.79 Å². The molecule has 0 saturated heterocycles. The van der Waals surface area contributed by atoms with Crippen molar-refractivity contribution in [1.82, 2.24) is 15.0 Å². The first-order chi connectivity index (χ1) is 11.0. The molecular weight excluding hydrogens is 339 g/mol. The minimum Gasteiger partial charge on any atom is -0.465 e. The molecule has 24 heavy (non-hydrogen) atoms. The lowest BCUT2D eigenvalue weighted by molar-refractivity contribution is -0.138. The van der Waals surface area contributed by atoms with Crippen LogP contribution in [-0.2, 0) is 17.1 Å². The molecule has 0 unspecified atom stereocenters. The number of esters is 1. The molecule has 0 spiro atoms. The van der Waals surface area contributed by atoms with Crippen LogP contribution in [0.25, 0.3) is 11.3 Å². The average Bonchev–Trinajstić information content (AvgIpc) is 2.91. The van der Waals surface area contributed by atoms with Crippen molar-refractivity contribution in [1.29, 1.82) is 0 Å². The van der Waals surface area contributed by atoms with Gasteiger partial charge in [0.2, 0.25) is 0 Å². The Bertz CT molecular complexity index is 751. The fraction of sp³-hybridized carbons (Fsp3) is 0.400. The first kappa shape index (κ1) is 18.2. The number of carbonyl (C=O) groups is 1. The maximum absolute atomic E-state index is 13.0. The molecule has 0 aliphatic carbocycles. The Kier molecular flexibility index (Phi) is 4.84. The van der Waals surface area contributed by atoms with E-state index in [1.165, 1.54) is 6.07 Å². The van der Waals surface area contributed by atoms with Gasteiger partial charge in [0, 0.05) is 11.7 Å². The lowest BCUT2D eigenvalue weighted by Crippen LogP contribution is -2.28. The van der Waals surface area contributed by atoms with Crippen LogP contribution in [0.5, 0.6) is 0 Å². The Hall–Kier alpha value is -2.16. The summed E-state index contributed by atoms with van der Waals surface area (Å²) in [6, 6.07) is 3.27. The third-order valence-electron chi connectivity index (χ3n) is 3.20. The molecule has 0 bridgehead atoms. The van der Waals surface area contributed by atoms with E-state index in [9.17, 15) is 18.0 Å². The molecule has 2 rings (SSSR count). The van der Waals surface area contributed by atoms with Crippen LogP contribution in [0.4, 0.5) is 13.2 Å². The van der Waals surface area contributed by atoms with E-state index >= 15 is 0 Å². The van der Waals surface area contributed by atoms with E-state index in [4.69, 9.17) is 0 Å². The summed E-state index contributed by atoms with van der Waals surface area (Å²) in [6.45, 7) is 6.51. The molecule has 0 atom stereocenters. The highest BCUT2D eigenvalue weighted by Gasteiger charge is 2.35. The predicted octanol–water partition coefficient (Wildman–Crippen LogP) is 3.63. The molecule has 1 aromatic heterocycles. The molecule has 0 radical (unpaired) electrons. The lowest BCUT2D eigenvalue weighted by Gasteiger charge is -2.14. The maximum Gasteiger partial charge on any atom is 0.417 e. The molecule has 0 amide bonds. The highest BCUT2D eigenvalue weighted by Crippen LogP contribution is 2.34. The number of hydrogen-bond acceptors (Lipinski definition) is 4. The lowest BCUT2D eigenvalue weighted by atomic mass is 10.0. The molecular formula is C15H18F3N3O2Si. The van der Waals surface area contributed by atoms with Crippen molar-refractivity contribution in [2.24, 2.45) is 0 Å². The van der Waals surface area contributed by atoms with Crippen LogP contribution >= 0.6 is 0 Å². The SMILES string of the molecule is COC(=O)c1cc(-c2cn(C[Si](C)(C)C)nn2)ccc1C(F)(F)F. The third kappa shape index (κ3) is 4.22. The summed E-state index contributed by atoms with van der Waals surface area (Å²) in [6.07, 6.45) is -2.23. The molecule has 0 fully saturated rings. The number of halogens is 3. The summed E-state index contributed by atoms with van der Waals surface area (Å²) in [7, 11) is -0.375.